The normalized spacial score (nSPS) is 18.9. The lowest BCUT2D eigenvalue weighted by atomic mass is 10.1. The van der Waals surface area contributed by atoms with Crippen molar-refractivity contribution < 1.29 is 8.42 Å². The molecule has 1 aromatic carbocycles. The molecule has 0 amide bonds. The van der Waals surface area contributed by atoms with Crippen LogP contribution in [0.25, 0.3) is 0 Å². The van der Waals surface area contributed by atoms with E-state index >= 15 is 0 Å². The lowest BCUT2D eigenvalue weighted by Crippen LogP contribution is -2.28. The van der Waals surface area contributed by atoms with Crippen LogP contribution in [0.15, 0.2) is 24.3 Å². The zero-order valence-corrected chi connectivity index (χ0v) is 12.1. The van der Waals surface area contributed by atoms with Crippen LogP contribution in [-0.2, 0) is 15.8 Å². The van der Waals surface area contributed by atoms with Crippen molar-refractivity contribution >= 4 is 10.0 Å². The molecule has 2 rings (SSSR count). The Morgan fingerprint density at radius 1 is 1.40 bits per heavy atom. The standard InChI is InChI=1S/C14H19N3O2S/c15-9-13-3-1-2-4-14(13)11-20(18,19)17-8-6-12-5-7-16-10-12/h1-4,12,16-17H,5-8,10-11H2. The van der Waals surface area contributed by atoms with Crippen molar-refractivity contribution in [1.82, 2.24) is 10.0 Å². The Hall–Kier alpha value is -1.42. The van der Waals surface area contributed by atoms with Crippen LogP contribution < -0.4 is 10.0 Å². The molecule has 0 saturated carbocycles. The molecule has 1 fully saturated rings. The van der Waals surface area contributed by atoms with Gasteiger partial charge in [0, 0.05) is 6.54 Å². The van der Waals surface area contributed by atoms with Crippen LogP contribution in [0.5, 0.6) is 0 Å². The van der Waals surface area contributed by atoms with Gasteiger partial charge in [0.05, 0.1) is 17.4 Å². The van der Waals surface area contributed by atoms with E-state index in [-0.39, 0.29) is 5.75 Å². The molecule has 0 aliphatic carbocycles. The van der Waals surface area contributed by atoms with Crippen molar-refractivity contribution in [2.24, 2.45) is 5.92 Å². The highest BCUT2D eigenvalue weighted by Gasteiger charge is 2.17. The molecular formula is C14H19N3O2S. The van der Waals surface area contributed by atoms with Gasteiger partial charge in [0.25, 0.3) is 0 Å². The highest BCUT2D eigenvalue weighted by molar-refractivity contribution is 7.88. The number of sulfonamides is 1. The molecule has 1 aromatic rings. The highest BCUT2D eigenvalue weighted by atomic mass is 32.2. The summed E-state index contributed by atoms with van der Waals surface area (Å²) in [4.78, 5) is 0. The van der Waals surface area contributed by atoms with Crippen molar-refractivity contribution in [3.05, 3.63) is 35.4 Å². The smallest absolute Gasteiger partial charge is 0.215 e. The van der Waals surface area contributed by atoms with Gasteiger partial charge in [-0.1, -0.05) is 18.2 Å². The van der Waals surface area contributed by atoms with E-state index in [0.717, 1.165) is 25.9 Å². The molecule has 1 atom stereocenters. The summed E-state index contributed by atoms with van der Waals surface area (Å²) < 4.78 is 26.6. The maximum Gasteiger partial charge on any atom is 0.215 e. The summed E-state index contributed by atoms with van der Waals surface area (Å²) in [7, 11) is -3.38. The lowest BCUT2D eigenvalue weighted by Gasteiger charge is -2.10. The van der Waals surface area contributed by atoms with Gasteiger partial charge in [-0.05, 0) is 43.5 Å². The maximum absolute atomic E-state index is 12.0. The van der Waals surface area contributed by atoms with Crippen LogP contribution in [-0.4, -0.2) is 28.1 Å². The summed E-state index contributed by atoms with van der Waals surface area (Å²) in [6.07, 6.45) is 1.96. The number of nitriles is 1. The van der Waals surface area contributed by atoms with Crippen LogP contribution in [0.2, 0.25) is 0 Å². The van der Waals surface area contributed by atoms with Crippen LogP contribution >= 0.6 is 0 Å². The first-order chi connectivity index (χ1) is 9.61. The van der Waals surface area contributed by atoms with E-state index in [9.17, 15) is 8.42 Å². The van der Waals surface area contributed by atoms with E-state index in [2.05, 4.69) is 10.0 Å². The molecular weight excluding hydrogens is 274 g/mol. The average Bonchev–Trinajstić information content (AvgIpc) is 2.92. The van der Waals surface area contributed by atoms with Gasteiger partial charge in [-0.3, -0.25) is 0 Å². The quantitative estimate of drug-likeness (QED) is 0.819. The van der Waals surface area contributed by atoms with Gasteiger partial charge in [0.1, 0.15) is 0 Å². The van der Waals surface area contributed by atoms with E-state index < -0.39 is 10.0 Å². The average molecular weight is 293 g/mol. The summed E-state index contributed by atoms with van der Waals surface area (Å²) in [5.41, 5.74) is 0.961. The van der Waals surface area contributed by atoms with E-state index in [1.807, 2.05) is 6.07 Å². The lowest BCUT2D eigenvalue weighted by molar-refractivity contribution is 0.519. The van der Waals surface area contributed by atoms with Gasteiger partial charge < -0.3 is 5.32 Å². The number of nitrogens with one attached hydrogen (secondary N) is 2. The fraction of sp³-hybridized carbons (Fsp3) is 0.500. The summed E-state index contributed by atoms with van der Waals surface area (Å²) in [5.74, 6) is 0.420. The molecule has 1 aliphatic heterocycles. The van der Waals surface area contributed by atoms with Crippen molar-refractivity contribution in [2.75, 3.05) is 19.6 Å². The van der Waals surface area contributed by atoms with E-state index in [1.165, 1.54) is 0 Å². The molecule has 108 valence electrons. The third-order valence-electron chi connectivity index (χ3n) is 3.52. The van der Waals surface area contributed by atoms with E-state index in [1.54, 1.807) is 24.3 Å². The summed E-state index contributed by atoms with van der Waals surface area (Å²) in [6, 6.07) is 8.81. The highest BCUT2D eigenvalue weighted by Crippen LogP contribution is 2.13. The Bertz CT molecular complexity index is 587. The number of benzene rings is 1. The first-order valence-corrected chi connectivity index (χ1v) is 8.42. The van der Waals surface area contributed by atoms with Gasteiger partial charge in [0.2, 0.25) is 10.0 Å². The minimum atomic E-state index is -3.38. The molecule has 0 radical (unpaired) electrons. The maximum atomic E-state index is 12.0. The van der Waals surface area contributed by atoms with E-state index in [0.29, 0.717) is 23.6 Å². The molecule has 1 saturated heterocycles. The van der Waals surface area contributed by atoms with E-state index in [4.69, 9.17) is 5.26 Å². The third-order valence-corrected chi connectivity index (χ3v) is 4.86. The minimum Gasteiger partial charge on any atom is -0.316 e. The van der Waals surface area contributed by atoms with Gasteiger partial charge >= 0.3 is 0 Å². The number of hydrogen-bond donors (Lipinski definition) is 2. The SMILES string of the molecule is N#Cc1ccccc1CS(=O)(=O)NCCC1CCNC1. The Morgan fingerprint density at radius 3 is 2.90 bits per heavy atom. The summed E-state index contributed by atoms with van der Waals surface area (Å²) >= 11 is 0. The Kier molecular flexibility index (Phi) is 5.12. The second-order valence-electron chi connectivity index (χ2n) is 5.07. The van der Waals surface area contributed by atoms with Crippen LogP contribution in [0.4, 0.5) is 0 Å². The molecule has 1 heterocycles. The van der Waals surface area contributed by atoms with Crippen LogP contribution in [0, 0.1) is 17.2 Å². The molecule has 1 aliphatic rings. The summed E-state index contributed by atoms with van der Waals surface area (Å²) in [5, 5.41) is 12.2. The second-order valence-corrected chi connectivity index (χ2v) is 6.88. The van der Waals surface area contributed by atoms with Gasteiger partial charge in [-0.25, -0.2) is 13.1 Å². The van der Waals surface area contributed by atoms with Crippen molar-refractivity contribution in [3.63, 3.8) is 0 Å². The predicted molar refractivity (Wildman–Crippen MR) is 77.4 cm³/mol. The topological polar surface area (TPSA) is 82.0 Å². The molecule has 0 spiro atoms. The molecule has 20 heavy (non-hydrogen) atoms. The number of rotatable bonds is 6. The molecule has 1 unspecified atom stereocenters. The van der Waals surface area contributed by atoms with Crippen LogP contribution in [0.1, 0.15) is 24.0 Å². The summed E-state index contributed by atoms with van der Waals surface area (Å²) in [6.45, 7) is 2.45. The fourth-order valence-electron chi connectivity index (χ4n) is 2.39. The molecule has 2 N–H and O–H groups in total. The minimum absolute atomic E-state index is 0.139. The monoisotopic (exact) mass is 293 g/mol. The second kappa shape index (κ2) is 6.84. The largest absolute Gasteiger partial charge is 0.316 e. The van der Waals surface area contributed by atoms with Crippen molar-refractivity contribution in [2.45, 2.75) is 18.6 Å². The Morgan fingerprint density at radius 2 is 2.20 bits per heavy atom. The zero-order chi connectivity index (χ0) is 14.4. The van der Waals surface area contributed by atoms with Gasteiger partial charge in [-0.2, -0.15) is 5.26 Å². The van der Waals surface area contributed by atoms with Gasteiger partial charge in [0.15, 0.2) is 0 Å². The number of hydrogen-bond acceptors (Lipinski definition) is 4. The fourth-order valence-corrected chi connectivity index (χ4v) is 3.58. The van der Waals surface area contributed by atoms with Crippen LogP contribution in [0.3, 0.4) is 0 Å². The van der Waals surface area contributed by atoms with Gasteiger partial charge in [-0.15, -0.1) is 0 Å². The Labute approximate surface area is 120 Å². The molecule has 0 bridgehead atoms. The van der Waals surface area contributed by atoms with Crippen molar-refractivity contribution in [1.29, 1.82) is 5.26 Å². The zero-order valence-electron chi connectivity index (χ0n) is 11.3. The van der Waals surface area contributed by atoms with Crippen molar-refractivity contribution in [3.8, 4) is 6.07 Å². The molecule has 6 heteroatoms. The molecule has 0 aromatic heterocycles. The predicted octanol–water partition coefficient (Wildman–Crippen LogP) is 0.977. The number of nitrogens with zero attached hydrogens (tertiary/aromatic N) is 1. The Balaban J connectivity index is 1.88. The third kappa shape index (κ3) is 4.30. The first-order valence-electron chi connectivity index (χ1n) is 6.77. The molecule has 5 nitrogen and oxygen atoms in total. The first kappa shape index (κ1) is 15.0.